The second kappa shape index (κ2) is 7.29. The van der Waals surface area contributed by atoms with E-state index in [4.69, 9.17) is 4.74 Å². The molecule has 1 heterocycles. The van der Waals surface area contributed by atoms with Crippen molar-refractivity contribution in [2.45, 2.75) is 31.7 Å². The predicted octanol–water partition coefficient (Wildman–Crippen LogP) is 1.61. The van der Waals surface area contributed by atoms with Gasteiger partial charge < -0.3 is 14.7 Å². The third-order valence-electron chi connectivity index (χ3n) is 4.17. The lowest BCUT2D eigenvalue weighted by Gasteiger charge is -2.41. The molecule has 1 aliphatic rings. The molecule has 1 aromatic rings. The fourth-order valence-corrected chi connectivity index (χ4v) is 2.91. The van der Waals surface area contributed by atoms with Crippen LogP contribution in [0.4, 0.5) is 5.69 Å². The van der Waals surface area contributed by atoms with Crippen molar-refractivity contribution in [3.8, 4) is 0 Å². The molecule has 0 aromatic heterocycles. The highest BCUT2D eigenvalue weighted by molar-refractivity contribution is 6.09. The van der Waals surface area contributed by atoms with Crippen LogP contribution in [0.15, 0.2) is 24.3 Å². The van der Waals surface area contributed by atoms with Gasteiger partial charge in [0.1, 0.15) is 0 Å². The van der Waals surface area contributed by atoms with E-state index in [1.807, 2.05) is 0 Å². The van der Waals surface area contributed by atoms with Gasteiger partial charge in [-0.1, -0.05) is 0 Å². The van der Waals surface area contributed by atoms with Crippen LogP contribution in [0.2, 0.25) is 0 Å². The average molecular weight is 350 g/mol. The van der Waals surface area contributed by atoms with Gasteiger partial charge in [0.2, 0.25) is 5.54 Å². The summed E-state index contributed by atoms with van der Waals surface area (Å²) in [4.78, 5) is 48.2. The van der Waals surface area contributed by atoms with Crippen molar-refractivity contribution in [3.05, 3.63) is 39.9 Å². The summed E-state index contributed by atoms with van der Waals surface area (Å²) < 4.78 is 4.91. The Bertz CT molecular complexity index is 701. The van der Waals surface area contributed by atoms with Crippen LogP contribution in [-0.4, -0.2) is 51.5 Å². The summed E-state index contributed by atoms with van der Waals surface area (Å²) in [6.07, 6.45) is 0.974. The average Bonchev–Trinajstić information content (AvgIpc) is 2.61. The summed E-state index contributed by atoms with van der Waals surface area (Å²) in [5.74, 6) is -3.09. The number of nitrogens with zero attached hydrogens (tertiary/aromatic N) is 2. The molecule has 9 nitrogen and oxygen atoms in total. The number of carboxylic acids is 1. The van der Waals surface area contributed by atoms with Crippen LogP contribution in [0.3, 0.4) is 0 Å². The second-order valence-electron chi connectivity index (χ2n) is 5.60. The molecule has 1 fully saturated rings. The number of carboxylic acid groups (broad SMARTS) is 1. The van der Waals surface area contributed by atoms with Gasteiger partial charge >= 0.3 is 11.9 Å². The monoisotopic (exact) mass is 350 g/mol. The zero-order chi connectivity index (χ0) is 18.6. The number of carbonyl (C=O) groups is 3. The highest BCUT2D eigenvalue weighted by Gasteiger charge is 2.55. The molecular weight excluding hydrogens is 332 g/mol. The normalized spacial score (nSPS) is 20.0. The Balaban J connectivity index is 2.41. The van der Waals surface area contributed by atoms with Crippen molar-refractivity contribution >= 4 is 23.5 Å². The topological polar surface area (TPSA) is 127 Å². The summed E-state index contributed by atoms with van der Waals surface area (Å²) in [5, 5.41) is 20.4. The smallest absolute Gasteiger partial charge is 0.343 e. The third kappa shape index (κ3) is 3.30. The second-order valence-corrected chi connectivity index (χ2v) is 5.60. The maximum Gasteiger partial charge on any atom is 0.343 e. The quantitative estimate of drug-likeness (QED) is 0.370. The van der Waals surface area contributed by atoms with Crippen molar-refractivity contribution in [2.24, 2.45) is 0 Å². The Morgan fingerprint density at radius 1 is 1.28 bits per heavy atom. The summed E-state index contributed by atoms with van der Waals surface area (Å²) in [6.45, 7) is 1.63. The lowest BCUT2D eigenvalue weighted by atomic mass is 9.85. The van der Waals surface area contributed by atoms with E-state index in [1.165, 1.54) is 12.1 Å². The minimum absolute atomic E-state index is 0.00652. The Morgan fingerprint density at radius 2 is 1.92 bits per heavy atom. The zero-order valence-electron chi connectivity index (χ0n) is 13.6. The third-order valence-corrected chi connectivity index (χ3v) is 4.17. The van der Waals surface area contributed by atoms with Crippen LogP contribution in [0, 0.1) is 10.1 Å². The van der Waals surface area contributed by atoms with Crippen molar-refractivity contribution in [1.82, 2.24) is 4.90 Å². The van der Waals surface area contributed by atoms with Gasteiger partial charge in [-0.05, 0) is 38.3 Å². The van der Waals surface area contributed by atoms with Crippen molar-refractivity contribution in [1.29, 1.82) is 0 Å². The van der Waals surface area contributed by atoms with Crippen LogP contribution in [0.1, 0.15) is 36.5 Å². The number of nitro groups is 1. The molecule has 1 atom stereocenters. The largest absolute Gasteiger partial charge is 0.479 e. The maximum absolute atomic E-state index is 12.8. The van der Waals surface area contributed by atoms with E-state index in [0.717, 1.165) is 17.0 Å². The Labute approximate surface area is 143 Å². The first kappa shape index (κ1) is 18.4. The fraction of sp³-hybridized carbons (Fsp3) is 0.438. The molecule has 1 N–H and O–H groups in total. The number of non-ortho nitro benzene ring substituents is 1. The number of benzene rings is 1. The Kier molecular flexibility index (Phi) is 5.35. The number of carbonyl (C=O) groups excluding carboxylic acids is 2. The molecule has 9 heteroatoms. The van der Waals surface area contributed by atoms with E-state index >= 15 is 0 Å². The van der Waals surface area contributed by atoms with Crippen LogP contribution < -0.4 is 0 Å². The highest BCUT2D eigenvalue weighted by atomic mass is 16.6. The first-order valence-corrected chi connectivity index (χ1v) is 7.81. The van der Waals surface area contributed by atoms with E-state index in [2.05, 4.69) is 0 Å². The molecule has 1 aliphatic heterocycles. The number of ether oxygens (including phenoxy) is 1. The van der Waals surface area contributed by atoms with Gasteiger partial charge in [-0.15, -0.1) is 0 Å². The standard InChI is InChI=1S/C16H18N2O7/c1-2-25-15(22)16(14(20)21)9-3-4-10-17(16)13(19)11-5-7-12(8-6-11)18(23)24/h5-8H,2-4,9-10H2,1H3,(H,20,21)/t16-/m1/s1. The van der Waals surface area contributed by atoms with Gasteiger partial charge in [-0.2, -0.15) is 0 Å². The number of hydrogen-bond acceptors (Lipinski definition) is 6. The summed E-state index contributed by atoms with van der Waals surface area (Å²) >= 11 is 0. The van der Waals surface area contributed by atoms with Gasteiger partial charge in [0.15, 0.2) is 0 Å². The number of esters is 1. The van der Waals surface area contributed by atoms with Gasteiger partial charge in [-0.3, -0.25) is 14.9 Å². The molecule has 0 saturated carbocycles. The predicted molar refractivity (Wildman–Crippen MR) is 85.0 cm³/mol. The van der Waals surface area contributed by atoms with Crippen molar-refractivity contribution in [2.75, 3.05) is 13.2 Å². The zero-order valence-corrected chi connectivity index (χ0v) is 13.6. The van der Waals surface area contributed by atoms with E-state index < -0.39 is 28.3 Å². The number of rotatable bonds is 5. The lowest BCUT2D eigenvalue weighted by Crippen LogP contribution is -2.64. The number of aliphatic carboxylic acids is 1. The van der Waals surface area contributed by atoms with Gasteiger partial charge in [0.25, 0.3) is 11.6 Å². The number of likely N-dealkylation sites (tertiary alicyclic amines) is 1. The summed E-state index contributed by atoms with van der Waals surface area (Å²) in [6, 6.07) is 4.80. The van der Waals surface area contributed by atoms with E-state index in [-0.39, 0.29) is 30.8 Å². The van der Waals surface area contributed by atoms with Crippen LogP contribution in [0.5, 0.6) is 0 Å². The molecule has 0 spiro atoms. The number of hydrogen-bond donors (Lipinski definition) is 1. The summed E-state index contributed by atoms with van der Waals surface area (Å²) in [5.41, 5.74) is -2.19. The fourth-order valence-electron chi connectivity index (χ4n) is 2.91. The van der Waals surface area contributed by atoms with Crippen molar-refractivity contribution in [3.63, 3.8) is 0 Å². The number of amides is 1. The number of nitro benzene ring substituents is 1. The molecule has 0 aliphatic carbocycles. The lowest BCUT2D eigenvalue weighted by molar-refractivity contribution is -0.384. The first-order chi connectivity index (χ1) is 11.8. The van der Waals surface area contributed by atoms with E-state index in [9.17, 15) is 29.6 Å². The van der Waals surface area contributed by atoms with E-state index in [1.54, 1.807) is 6.92 Å². The highest BCUT2D eigenvalue weighted by Crippen LogP contribution is 2.32. The summed E-state index contributed by atoms with van der Waals surface area (Å²) in [7, 11) is 0. The molecule has 2 rings (SSSR count). The molecular formula is C16H18N2O7. The van der Waals surface area contributed by atoms with Gasteiger partial charge in [0.05, 0.1) is 11.5 Å². The van der Waals surface area contributed by atoms with Crippen LogP contribution >= 0.6 is 0 Å². The molecule has 1 saturated heterocycles. The number of piperidine rings is 1. The first-order valence-electron chi connectivity index (χ1n) is 7.81. The molecule has 0 radical (unpaired) electrons. The SMILES string of the molecule is CCOC(=O)[C@]1(C(=O)O)CCCCN1C(=O)c1ccc([N+](=O)[O-])cc1. The molecule has 0 bridgehead atoms. The minimum Gasteiger partial charge on any atom is -0.479 e. The molecule has 1 amide bonds. The molecule has 25 heavy (non-hydrogen) atoms. The molecule has 134 valence electrons. The molecule has 1 aromatic carbocycles. The Morgan fingerprint density at radius 3 is 2.44 bits per heavy atom. The van der Waals surface area contributed by atoms with Crippen molar-refractivity contribution < 1.29 is 29.2 Å². The minimum atomic E-state index is -2.08. The van der Waals surface area contributed by atoms with Gasteiger partial charge in [0, 0.05) is 24.2 Å². The van der Waals surface area contributed by atoms with Gasteiger partial charge in [-0.25, -0.2) is 9.59 Å². The van der Waals surface area contributed by atoms with Crippen LogP contribution in [-0.2, 0) is 14.3 Å². The van der Waals surface area contributed by atoms with Crippen LogP contribution in [0.25, 0.3) is 0 Å². The van der Waals surface area contributed by atoms with E-state index in [0.29, 0.717) is 12.8 Å². The molecule has 0 unspecified atom stereocenters. The Hall–Kier alpha value is -2.97. The maximum atomic E-state index is 12.8.